The Balaban J connectivity index is 2.00. The van der Waals surface area contributed by atoms with Crippen molar-refractivity contribution in [1.29, 1.82) is 0 Å². The normalized spacial score (nSPS) is 10.4. The summed E-state index contributed by atoms with van der Waals surface area (Å²) in [5.74, 6) is 0. The molecular formula is C16H14N2O. The van der Waals surface area contributed by atoms with E-state index in [2.05, 4.69) is 29.5 Å². The Morgan fingerprint density at radius 2 is 1.63 bits per heavy atom. The van der Waals surface area contributed by atoms with Crippen LogP contribution in [0.4, 0.5) is 11.4 Å². The van der Waals surface area contributed by atoms with Crippen LogP contribution in [0.15, 0.2) is 65.4 Å². The van der Waals surface area contributed by atoms with Gasteiger partial charge >= 0.3 is 0 Å². The molecule has 0 saturated heterocycles. The van der Waals surface area contributed by atoms with Crippen LogP contribution < -0.4 is 5.32 Å². The standard InChI is InChI=1S/C16H14N2O/c1-12-6-2-4-8-14(12)17-15-9-5-3-7-13(15)16-10-11-19-18-16/h2-11,17H,1H3. The van der Waals surface area contributed by atoms with Gasteiger partial charge < -0.3 is 9.84 Å². The van der Waals surface area contributed by atoms with E-state index in [1.54, 1.807) is 6.26 Å². The van der Waals surface area contributed by atoms with Crippen LogP contribution in [0.3, 0.4) is 0 Å². The zero-order valence-corrected chi connectivity index (χ0v) is 10.6. The first kappa shape index (κ1) is 11.5. The van der Waals surface area contributed by atoms with Gasteiger partial charge in [-0.3, -0.25) is 0 Å². The SMILES string of the molecule is Cc1ccccc1Nc1ccccc1-c1ccon1. The minimum absolute atomic E-state index is 0.830. The summed E-state index contributed by atoms with van der Waals surface area (Å²) in [7, 11) is 0. The van der Waals surface area contributed by atoms with E-state index in [1.165, 1.54) is 5.56 Å². The third kappa shape index (κ3) is 2.36. The topological polar surface area (TPSA) is 38.1 Å². The predicted molar refractivity (Wildman–Crippen MR) is 76.4 cm³/mol. The first-order valence-electron chi connectivity index (χ1n) is 6.17. The molecule has 0 atom stereocenters. The number of aromatic nitrogens is 1. The van der Waals surface area contributed by atoms with Gasteiger partial charge in [-0.2, -0.15) is 0 Å². The van der Waals surface area contributed by atoms with Gasteiger partial charge in [0.15, 0.2) is 0 Å². The molecule has 0 bridgehead atoms. The average Bonchev–Trinajstić information content (AvgIpc) is 2.96. The van der Waals surface area contributed by atoms with Gasteiger partial charge in [0, 0.05) is 23.0 Å². The van der Waals surface area contributed by atoms with E-state index in [-0.39, 0.29) is 0 Å². The highest BCUT2D eigenvalue weighted by Gasteiger charge is 2.08. The number of hydrogen-bond acceptors (Lipinski definition) is 3. The van der Waals surface area contributed by atoms with Crippen molar-refractivity contribution in [3.05, 3.63) is 66.4 Å². The number of hydrogen-bond donors (Lipinski definition) is 1. The minimum Gasteiger partial charge on any atom is -0.364 e. The maximum atomic E-state index is 4.92. The number of aryl methyl sites for hydroxylation is 1. The van der Waals surface area contributed by atoms with Gasteiger partial charge in [0.2, 0.25) is 0 Å². The molecule has 1 aromatic heterocycles. The lowest BCUT2D eigenvalue weighted by Crippen LogP contribution is -1.95. The number of benzene rings is 2. The van der Waals surface area contributed by atoms with E-state index in [9.17, 15) is 0 Å². The Morgan fingerprint density at radius 1 is 0.895 bits per heavy atom. The van der Waals surface area contributed by atoms with Crippen molar-refractivity contribution in [2.45, 2.75) is 6.92 Å². The second-order valence-corrected chi connectivity index (χ2v) is 4.37. The molecule has 3 rings (SSSR count). The van der Waals surface area contributed by atoms with Crippen LogP contribution in [-0.2, 0) is 0 Å². The van der Waals surface area contributed by atoms with Gasteiger partial charge in [-0.1, -0.05) is 41.6 Å². The summed E-state index contributed by atoms with van der Waals surface area (Å²) in [6.45, 7) is 2.08. The average molecular weight is 250 g/mol. The van der Waals surface area contributed by atoms with Crippen molar-refractivity contribution in [3.63, 3.8) is 0 Å². The van der Waals surface area contributed by atoms with Crippen LogP contribution >= 0.6 is 0 Å². The van der Waals surface area contributed by atoms with Crippen LogP contribution in [0.1, 0.15) is 5.56 Å². The molecular weight excluding hydrogens is 236 g/mol. The van der Waals surface area contributed by atoms with Crippen molar-refractivity contribution in [2.75, 3.05) is 5.32 Å². The molecule has 3 heteroatoms. The molecule has 3 aromatic rings. The maximum Gasteiger partial charge on any atom is 0.124 e. The van der Waals surface area contributed by atoms with E-state index >= 15 is 0 Å². The lowest BCUT2D eigenvalue weighted by Gasteiger charge is -2.12. The highest BCUT2D eigenvalue weighted by atomic mass is 16.5. The highest BCUT2D eigenvalue weighted by Crippen LogP contribution is 2.29. The van der Waals surface area contributed by atoms with Crippen LogP contribution in [0.25, 0.3) is 11.3 Å². The Labute approximate surface area is 111 Å². The summed E-state index contributed by atoms with van der Waals surface area (Å²) < 4.78 is 4.92. The maximum absolute atomic E-state index is 4.92. The van der Waals surface area contributed by atoms with Crippen molar-refractivity contribution in [3.8, 4) is 11.3 Å². The summed E-state index contributed by atoms with van der Waals surface area (Å²) in [5, 5.41) is 7.44. The second-order valence-electron chi connectivity index (χ2n) is 4.37. The van der Waals surface area contributed by atoms with Crippen molar-refractivity contribution >= 4 is 11.4 Å². The summed E-state index contributed by atoms with van der Waals surface area (Å²) in [4.78, 5) is 0. The fourth-order valence-electron chi connectivity index (χ4n) is 2.03. The molecule has 0 unspecified atom stereocenters. The van der Waals surface area contributed by atoms with Gasteiger partial charge in [-0.15, -0.1) is 0 Å². The van der Waals surface area contributed by atoms with E-state index in [0.29, 0.717) is 0 Å². The molecule has 19 heavy (non-hydrogen) atoms. The lowest BCUT2D eigenvalue weighted by molar-refractivity contribution is 0.422. The summed E-state index contributed by atoms with van der Waals surface area (Å²) in [5.41, 5.74) is 5.18. The first-order chi connectivity index (χ1) is 9.34. The lowest BCUT2D eigenvalue weighted by atomic mass is 10.1. The Kier molecular flexibility index (Phi) is 3.02. The molecule has 0 fully saturated rings. The van der Waals surface area contributed by atoms with E-state index in [0.717, 1.165) is 22.6 Å². The first-order valence-corrected chi connectivity index (χ1v) is 6.17. The van der Waals surface area contributed by atoms with Crippen molar-refractivity contribution < 1.29 is 4.52 Å². The molecule has 0 aliphatic heterocycles. The predicted octanol–water partition coefficient (Wildman–Crippen LogP) is 4.39. The molecule has 0 radical (unpaired) electrons. The van der Waals surface area contributed by atoms with Crippen LogP contribution in [0, 0.1) is 6.92 Å². The zero-order valence-electron chi connectivity index (χ0n) is 10.6. The van der Waals surface area contributed by atoms with Crippen molar-refractivity contribution in [2.24, 2.45) is 0 Å². The van der Waals surface area contributed by atoms with Crippen LogP contribution in [0.2, 0.25) is 0 Å². The number of nitrogens with one attached hydrogen (secondary N) is 1. The zero-order chi connectivity index (χ0) is 13.1. The monoisotopic (exact) mass is 250 g/mol. The van der Waals surface area contributed by atoms with Crippen LogP contribution in [-0.4, -0.2) is 5.16 Å². The number of rotatable bonds is 3. The number of nitrogens with zero attached hydrogens (tertiary/aromatic N) is 1. The van der Waals surface area contributed by atoms with Gasteiger partial charge in [-0.25, -0.2) is 0 Å². The summed E-state index contributed by atoms with van der Waals surface area (Å²) in [6.07, 6.45) is 1.58. The van der Waals surface area contributed by atoms with E-state index in [1.807, 2.05) is 42.5 Å². The third-order valence-corrected chi connectivity index (χ3v) is 3.06. The quantitative estimate of drug-likeness (QED) is 0.749. The molecule has 2 aromatic carbocycles. The minimum atomic E-state index is 0.830. The summed E-state index contributed by atoms with van der Waals surface area (Å²) >= 11 is 0. The molecule has 0 aliphatic rings. The molecule has 94 valence electrons. The number of anilines is 2. The van der Waals surface area contributed by atoms with Gasteiger partial charge in [0.05, 0.1) is 0 Å². The Bertz CT molecular complexity index is 675. The molecule has 0 spiro atoms. The third-order valence-electron chi connectivity index (χ3n) is 3.06. The second kappa shape index (κ2) is 4.98. The van der Waals surface area contributed by atoms with Crippen LogP contribution in [0.5, 0.6) is 0 Å². The molecule has 1 heterocycles. The molecule has 0 amide bonds. The largest absolute Gasteiger partial charge is 0.364 e. The van der Waals surface area contributed by atoms with E-state index < -0.39 is 0 Å². The molecule has 3 nitrogen and oxygen atoms in total. The number of para-hydroxylation sites is 2. The Hall–Kier alpha value is -2.55. The summed E-state index contributed by atoms with van der Waals surface area (Å²) in [6, 6.07) is 18.1. The Morgan fingerprint density at radius 3 is 2.37 bits per heavy atom. The molecule has 0 saturated carbocycles. The van der Waals surface area contributed by atoms with E-state index in [4.69, 9.17) is 4.52 Å². The van der Waals surface area contributed by atoms with Gasteiger partial charge in [-0.05, 0) is 24.6 Å². The van der Waals surface area contributed by atoms with Gasteiger partial charge in [0.1, 0.15) is 12.0 Å². The van der Waals surface area contributed by atoms with Gasteiger partial charge in [0.25, 0.3) is 0 Å². The smallest absolute Gasteiger partial charge is 0.124 e. The fraction of sp³-hybridized carbons (Fsp3) is 0.0625. The highest BCUT2D eigenvalue weighted by molar-refractivity contribution is 5.79. The molecule has 1 N–H and O–H groups in total. The molecule has 0 aliphatic carbocycles. The van der Waals surface area contributed by atoms with Crippen molar-refractivity contribution in [1.82, 2.24) is 5.16 Å². The fourth-order valence-corrected chi connectivity index (χ4v) is 2.03.